The van der Waals surface area contributed by atoms with Crippen molar-refractivity contribution >= 4 is 6.03 Å². The summed E-state index contributed by atoms with van der Waals surface area (Å²) in [6.07, 6.45) is 1.23. The highest BCUT2D eigenvalue weighted by Crippen LogP contribution is 1.87. The molecule has 1 aromatic heterocycles. The van der Waals surface area contributed by atoms with Gasteiger partial charge in [-0.25, -0.2) is 9.89 Å². The molecular weight excluding hydrogens is 238 g/mol. The van der Waals surface area contributed by atoms with Gasteiger partial charge in [-0.3, -0.25) is 14.2 Å². The Kier molecular flexibility index (Phi) is 5.09. The zero-order valence-corrected chi connectivity index (χ0v) is 10.5. The summed E-state index contributed by atoms with van der Waals surface area (Å²) in [6.45, 7) is 5.48. The lowest BCUT2D eigenvalue weighted by Crippen LogP contribution is -2.43. The first-order valence-electron chi connectivity index (χ1n) is 5.77. The summed E-state index contributed by atoms with van der Waals surface area (Å²) in [5.41, 5.74) is -1.45. The van der Waals surface area contributed by atoms with Crippen molar-refractivity contribution in [2.24, 2.45) is 0 Å². The van der Waals surface area contributed by atoms with Crippen LogP contribution in [0.25, 0.3) is 0 Å². The van der Waals surface area contributed by atoms with Gasteiger partial charge in [0.1, 0.15) is 6.33 Å². The molecule has 0 atom stereocenters. The molecule has 0 fully saturated rings. The molecule has 0 spiro atoms. The number of hydrogen-bond donors (Lipinski definition) is 2. The Morgan fingerprint density at radius 1 is 1.44 bits per heavy atom. The Morgan fingerprint density at radius 3 is 2.72 bits per heavy atom. The normalized spacial score (nSPS) is 10.1. The first kappa shape index (κ1) is 13.9. The minimum atomic E-state index is -0.771. The van der Waals surface area contributed by atoms with E-state index in [1.807, 2.05) is 18.9 Å². The fourth-order valence-corrected chi connectivity index (χ4v) is 1.45. The van der Waals surface area contributed by atoms with Crippen LogP contribution in [-0.2, 0) is 6.54 Å². The number of nitrogens with zero attached hydrogens (tertiary/aromatic N) is 3. The van der Waals surface area contributed by atoms with E-state index in [4.69, 9.17) is 0 Å². The number of aromatic nitrogens is 3. The highest BCUT2D eigenvalue weighted by Gasteiger charge is 2.08. The average Bonchev–Trinajstić information content (AvgIpc) is 2.36. The van der Waals surface area contributed by atoms with Gasteiger partial charge in [-0.2, -0.15) is 5.10 Å². The molecule has 8 heteroatoms. The van der Waals surface area contributed by atoms with Crippen LogP contribution in [0.2, 0.25) is 0 Å². The summed E-state index contributed by atoms with van der Waals surface area (Å²) >= 11 is 0. The zero-order chi connectivity index (χ0) is 13.5. The predicted octanol–water partition coefficient (Wildman–Crippen LogP) is -1.02. The van der Waals surface area contributed by atoms with E-state index < -0.39 is 11.1 Å². The van der Waals surface area contributed by atoms with Crippen molar-refractivity contribution in [3.8, 4) is 0 Å². The summed E-state index contributed by atoms with van der Waals surface area (Å²) in [5, 5.41) is 8.22. The molecule has 0 aliphatic heterocycles. The van der Waals surface area contributed by atoms with Gasteiger partial charge in [-0.1, -0.05) is 0 Å². The molecule has 1 rings (SSSR count). The standard InChI is InChI=1S/C10H17N5O3/c1-3-14(4-2)10(18)11-5-6-15-7-12-13-8(16)9(15)17/h7H,3-6H2,1-2H3,(H,11,18)(H,13,16). The third kappa shape index (κ3) is 3.44. The Labute approximate surface area is 104 Å². The smallest absolute Gasteiger partial charge is 0.330 e. The van der Waals surface area contributed by atoms with E-state index in [1.54, 1.807) is 4.90 Å². The van der Waals surface area contributed by atoms with Gasteiger partial charge in [0.25, 0.3) is 0 Å². The van der Waals surface area contributed by atoms with Crippen molar-refractivity contribution in [2.75, 3.05) is 19.6 Å². The van der Waals surface area contributed by atoms with Crippen LogP contribution in [0.4, 0.5) is 4.79 Å². The number of H-pyrrole nitrogens is 1. The lowest BCUT2D eigenvalue weighted by Gasteiger charge is -2.19. The van der Waals surface area contributed by atoms with E-state index in [0.717, 1.165) is 4.57 Å². The minimum absolute atomic E-state index is 0.189. The molecule has 1 heterocycles. The van der Waals surface area contributed by atoms with Crippen LogP contribution in [-0.4, -0.2) is 45.3 Å². The highest BCUT2D eigenvalue weighted by atomic mass is 16.2. The summed E-state index contributed by atoms with van der Waals surface area (Å²) in [4.78, 5) is 35.6. The molecule has 2 N–H and O–H groups in total. The molecule has 0 aliphatic carbocycles. The van der Waals surface area contributed by atoms with Crippen molar-refractivity contribution in [1.82, 2.24) is 25.0 Å². The van der Waals surface area contributed by atoms with E-state index >= 15 is 0 Å². The number of carbonyl (C=O) groups excluding carboxylic acids is 1. The second kappa shape index (κ2) is 6.58. The van der Waals surface area contributed by atoms with E-state index in [-0.39, 0.29) is 19.1 Å². The number of amides is 2. The van der Waals surface area contributed by atoms with E-state index in [9.17, 15) is 14.4 Å². The fraction of sp³-hybridized carbons (Fsp3) is 0.600. The van der Waals surface area contributed by atoms with Gasteiger partial charge in [-0.05, 0) is 13.8 Å². The van der Waals surface area contributed by atoms with Gasteiger partial charge in [0.2, 0.25) is 0 Å². The zero-order valence-electron chi connectivity index (χ0n) is 10.5. The summed E-state index contributed by atoms with van der Waals surface area (Å²) in [6, 6.07) is -0.189. The third-order valence-corrected chi connectivity index (χ3v) is 2.50. The summed E-state index contributed by atoms with van der Waals surface area (Å²) in [5.74, 6) is 0. The number of rotatable bonds is 5. The van der Waals surface area contributed by atoms with E-state index in [0.29, 0.717) is 13.1 Å². The fourth-order valence-electron chi connectivity index (χ4n) is 1.45. The van der Waals surface area contributed by atoms with Crippen molar-refractivity contribution in [3.63, 3.8) is 0 Å². The third-order valence-electron chi connectivity index (χ3n) is 2.50. The van der Waals surface area contributed by atoms with Gasteiger partial charge in [0.15, 0.2) is 0 Å². The topological polar surface area (TPSA) is 100 Å². The molecule has 100 valence electrons. The lowest BCUT2D eigenvalue weighted by molar-refractivity contribution is 0.203. The molecule has 0 aromatic carbocycles. The maximum absolute atomic E-state index is 11.6. The molecular formula is C10H17N5O3. The van der Waals surface area contributed by atoms with Crippen LogP contribution in [0.15, 0.2) is 15.9 Å². The first-order chi connectivity index (χ1) is 8.60. The van der Waals surface area contributed by atoms with Crippen molar-refractivity contribution in [1.29, 1.82) is 0 Å². The monoisotopic (exact) mass is 255 g/mol. The van der Waals surface area contributed by atoms with Crippen LogP contribution >= 0.6 is 0 Å². The molecule has 2 amide bonds. The van der Waals surface area contributed by atoms with Crippen molar-refractivity contribution in [3.05, 3.63) is 27.0 Å². The summed E-state index contributed by atoms with van der Waals surface area (Å²) < 4.78 is 1.15. The van der Waals surface area contributed by atoms with Crippen LogP contribution in [0.5, 0.6) is 0 Å². The molecule has 0 aliphatic rings. The highest BCUT2D eigenvalue weighted by molar-refractivity contribution is 5.73. The Bertz CT molecular complexity index is 503. The Balaban J connectivity index is 2.52. The predicted molar refractivity (Wildman–Crippen MR) is 65.4 cm³/mol. The van der Waals surface area contributed by atoms with Gasteiger partial charge in [0, 0.05) is 26.2 Å². The van der Waals surface area contributed by atoms with Gasteiger partial charge >= 0.3 is 17.1 Å². The second-order valence-corrected chi connectivity index (χ2v) is 3.59. The lowest BCUT2D eigenvalue weighted by atomic mass is 10.5. The minimum Gasteiger partial charge on any atom is -0.336 e. The largest absolute Gasteiger partial charge is 0.336 e. The van der Waals surface area contributed by atoms with Crippen molar-refractivity contribution in [2.45, 2.75) is 20.4 Å². The quantitative estimate of drug-likeness (QED) is 0.658. The second-order valence-electron chi connectivity index (χ2n) is 3.59. The maximum Gasteiger partial charge on any atom is 0.330 e. The number of nitrogens with one attached hydrogen (secondary N) is 2. The first-order valence-corrected chi connectivity index (χ1v) is 5.77. The molecule has 0 saturated carbocycles. The van der Waals surface area contributed by atoms with Gasteiger partial charge in [-0.15, -0.1) is 0 Å². The molecule has 0 unspecified atom stereocenters. The molecule has 0 saturated heterocycles. The number of aromatic amines is 1. The van der Waals surface area contributed by atoms with Crippen LogP contribution in [0.3, 0.4) is 0 Å². The molecule has 0 radical (unpaired) electrons. The number of carbonyl (C=O) groups is 1. The SMILES string of the molecule is CCN(CC)C(=O)NCCn1cn[nH]c(=O)c1=O. The number of urea groups is 1. The van der Waals surface area contributed by atoms with Crippen LogP contribution < -0.4 is 16.4 Å². The van der Waals surface area contributed by atoms with Crippen LogP contribution in [0, 0.1) is 0 Å². The van der Waals surface area contributed by atoms with Gasteiger partial charge in [0.05, 0.1) is 0 Å². The van der Waals surface area contributed by atoms with Crippen LogP contribution in [0.1, 0.15) is 13.8 Å². The molecule has 8 nitrogen and oxygen atoms in total. The van der Waals surface area contributed by atoms with Crippen molar-refractivity contribution < 1.29 is 4.79 Å². The van der Waals surface area contributed by atoms with Gasteiger partial charge < -0.3 is 10.2 Å². The maximum atomic E-state index is 11.6. The van der Waals surface area contributed by atoms with E-state index in [1.165, 1.54) is 6.33 Å². The Morgan fingerprint density at radius 2 is 2.11 bits per heavy atom. The molecule has 18 heavy (non-hydrogen) atoms. The average molecular weight is 255 g/mol. The molecule has 1 aromatic rings. The number of hydrogen-bond acceptors (Lipinski definition) is 4. The Hall–Kier alpha value is -2.12. The molecule has 0 bridgehead atoms. The summed E-state index contributed by atoms with van der Waals surface area (Å²) in [7, 11) is 0. The van der Waals surface area contributed by atoms with E-state index in [2.05, 4.69) is 10.4 Å².